The molecule has 0 bridgehead atoms. The van der Waals surface area contributed by atoms with E-state index in [1.807, 2.05) is 0 Å². The van der Waals surface area contributed by atoms with Gasteiger partial charge in [0.25, 0.3) is 5.91 Å². The first kappa shape index (κ1) is 15.9. The van der Waals surface area contributed by atoms with Gasteiger partial charge < -0.3 is 11.1 Å². The Balaban J connectivity index is 2.06. The molecule has 1 amide bonds. The fourth-order valence-corrected chi connectivity index (χ4v) is 2.51. The van der Waals surface area contributed by atoms with Crippen LogP contribution in [0.15, 0.2) is 47.5 Å². The Morgan fingerprint density at radius 2 is 1.91 bits per heavy atom. The van der Waals surface area contributed by atoms with Crippen molar-refractivity contribution in [2.45, 2.75) is 11.4 Å². The van der Waals surface area contributed by atoms with Crippen LogP contribution in [-0.2, 0) is 16.6 Å². The molecule has 22 heavy (non-hydrogen) atoms. The molecule has 2 aromatic rings. The predicted molar refractivity (Wildman–Crippen MR) is 82.8 cm³/mol. The molecule has 0 unspecified atom stereocenters. The summed E-state index contributed by atoms with van der Waals surface area (Å²) < 4.78 is 25.5. The Kier molecular flexibility index (Phi) is 4.74. The van der Waals surface area contributed by atoms with Crippen LogP contribution in [0.5, 0.6) is 0 Å². The number of carbonyl (C=O) groups excluding carboxylic acids is 1. The number of anilines is 1. The summed E-state index contributed by atoms with van der Waals surface area (Å²) in [6, 6.07) is 9.77. The van der Waals surface area contributed by atoms with Crippen LogP contribution < -0.4 is 15.8 Å². The second-order valence-corrected chi connectivity index (χ2v) is 6.39. The lowest BCUT2D eigenvalue weighted by atomic mass is 10.2. The second-order valence-electron chi connectivity index (χ2n) is 4.50. The number of pyridine rings is 1. The number of nitrogens with two attached hydrogens (primary N) is 1. The maximum absolute atomic E-state index is 11.6. The molecule has 1 heterocycles. The maximum Gasteiger partial charge on any atom is 0.267 e. The van der Waals surface area contributed by atoms with Gasteiger partial charge in [-0.1, -0.05) is 12.1 Å². The fourth-order valence-electron chi connectivity index (χ4n) is 1.78. The normalized spacial score (nSPS) is 11.1. The van der Waals surface area contributed by atoms with E-state index in [1.54, 1.807) is 24.3 Å². The molecule has 0 saturated heterocycles. The van der Waals surface area contributed by atoms with Crippen molar-refractivity contribution in [1.82, 2.24) is 9.71 Å². The van der Waals surface area contributed by atoms with E-state index in [-0.39, 0.29) is 10.6 Å². The van der Waals surface area contributed by atoms with Crippen LogP contribution in [0, 0.1) is 0 Å². The van der Waals surface area contributed by atoms with E-state index in [9.17, 15) is 13.2 Å². The van der Waals surface area contributed by atoms with Crippen LogP contribution in [0.25, 0.3) is 0 Å². The molecule has 0 radical (unpaired) electrons. The fraction of sp³-hybridized carbons (Fsp3) is 0.143. The molecule has 4 N–H and O–H groups in total. The highest BCUT2D eigenvalue weighted by atomic mass is 32.2. The van der Waals surface area contributed by atoms with E-state index in [2.05, 4.69) is 15.0 Å². The largest absolute Gasteiger partial charge is 0.381 e. The molecule has 8 heteroatoms. The summed E-state index contributed by atoms with van der Waals surface area (Å²) in [6.07, 6.45) is 1.49. The third-order valence-corrected chi connectivity index (χ3v) is 4.44. The van der Waals surface area contributed by atoms with E-state index < -0.39 is 15.9 Å². The predicted octanol–water partition coefficient (Wildman–Crippen LogP) is 0.701. The van der Waals surface area contributed by atoms with E-state index in [4.69, 9.17) is 5.73 Å². The molecular formula is C14H16N4O3S. The zero-order valence-corrected chi connectivity index (χ0v) is 12.7. The number of sulfonamides is 1. The Morgan fingerprint density at radius 1 is 1.23 bits per heavy atom. The Hall–Kier alpha value is -2.45. The molecule has 1 aromatic heterocycles. The Morgan fingerprint density at radius 3 is 2.50 bits per heavy atom. The summed E-state index contributed by atoms with van der Waals surface area (Å²) in [6.45, 7) is 0.474. The van der Waals surface area contributed by atoms with Gasteiger partial charge in [0.15, 0.2) is 0 Å². The van der Waals surface area contributed by atoms with Crippen LogP contribution in [0.4, 0.5) is 5.69 Å². The summed E-state index contributed by atoms with van der Waals surface area (Å²) >= 11 is 0. The zero-order valence-electron chi connectivity index (χ0n) is 11.9. The van der Waals surface area contributed by atoms with Crippen molar-refractivity contribution < 1.29 is 13.2 Å². The Labute approximate surface area is 128 Å². The first-order valence-corrected chi connectivity index (χ1v) is 7.93. The minimum atomic E-state index is -3.43. The lowest BCUT2D eigenvalue weighted by Gasteiger charge is -2.08. The van der Waals surface area contributed by atoms with Crippen LogP contribution in [0.2, 0.25) is 0 Å². The Bertz CT molecular complexity index is 773. The summed E-state index contributed by atoms with van der Waals surface area (Å²) in [5, 5.41) is 3.12. The highest BCUT2D eigenvalue weighted by molar-refractivity contribution is 7.89. The highest BCUT2D eigenvalue weighted by Crippen LogP contribution is 2.13. The minimum Gasteiger partial charge on any atom is -0.381 e. The topological polar surface area (TPSA) is 114 Å². The molecule has 0 atom stereocenters. The van der Waals surface area contributed by atoms with Gasteiger partial charge in [-0.05, 0) is 36.9 Å². The molecule has 116 valence electrons. The van der Waals surface area contributed by atoms with Crippen LogP contribution in [0.3, 0.4) is 0 Å². The molecule has 0 fully saturated rings. The molecule has 0 aliphatic heterocycles. The highest BCUT2D eigenvalue weighted by Gasteiger charge is 2.10. The number of carbonyl (C=O) groups is 1. The number of hydrogen-bond acceptors (Lipinski definition) is 5. The summed E-state index contributed by atoms with van der Waals surface area (Å²) in [5.74, 6) is -0.592. The molecule has 2 rings (SSSR count). The number of amides is 1. The van der Waals surface area contributed by atoms with Crippen molar-refractivity contribution in [3.05, 3.63) is 53.9 Å². The first-order chi connectivity index (χ1) is 10.4. The molecule has 0 spiro atoms. The molecule has 0 saturated carbocycles. The quantitative estimate of drug-likeness (QED) is 0.725. The first-order valence-electron chi connectivity index (χ1n) is 6.44. The number of nitrogens with zero attached hydrogens (tertiary/aromatic N) is 1. The van der Waals surface area contributed by atoms with E-state index in [1.165, 1.54) is 25.4 Å². The lowest BCUT2D eigenvalue weighted by Crippen LogP contribution is -2.18. The van der Waals surface area contributed by atoms with E-state index in [0.717, 1.165) is 5.56 Å². The van der Waals surface area contributed by atoms with Crippen LogP contribution >= 0.6 is 0 Å². The monoisotopic (exact) mass is 320 g/mol. The second kappa shape index (κ2) is 6.54. The van der Waals surface area contributed by atoms with Gasteiger partial charge in [0.1, 0.15) is 5.69 Å². The van der Waals surface area contributed by atoms with Crippen LogP contribution in [0.1, 0.15) is 16.1 Å². The lowest BCUT2D eigenvalue weighted by molar-refractivity contribution is 0.0995. The number of primary amides is 1. The standard InChI is InChI=1S/C14H16N4O3S/c1-16-22(20,21)12-4-2-10(3-5-12)9-18-11-6-7-17-13(8-11)14(15)19/h2-8,16H,9H2,1H3,(H2,15,19)(H,17,18). The SMILES string of the molecule is CNS(=O)(=O)c1ccc(CNc2ccnc(C(N)=O)c2)cc1. The van der Waals surface area contributed by atoms with Crippen molar-refractivity contribution in [2.75, 3.05) is 12.4 Å². The zero-order chi connectivity index (χ0) is 16.2. The van der Waals surface area contributed by atoms with Crippen LogP contribution in [-0.4, -0.2) is 26.4 Å². The van der Waals surface area contributed by atoms with Gasteiger partial charge >= 0.3 is 0 Å². The number of nitrogens with one attached hydrogen (secondary N) is 2. The van der Waals surface area contributed by atoms with Gasteiger partial charge in [-0.15, -0.1) is 0 Å². The van der Waals surface area contributed by atoms with Gasteiger partial charge in [0, 0.05) is 18.4 Å². The van der Waals surface area contributed by atoms with Gasteiger partial charge in [-0.3, -0.25) is 9.78 Å². The molecular weight excluding hydrogens is 304 g/mol. The average Bonchev–Trinajstić information content (AvgIpc) is 2.53. The number of aromatic nitrogens is 1. The van der Waals surface area contributed by atoms with E-state index in [0.29, 0.717) is 12.2 Å². The molecule has 1 aromatic carbocycles. The maximum atomic E-state index is 11.6. The number of hydrogen-bond donors (Lipinski definition) is 3. The van der Waals surface area contributed by atoms with Crippen molar-refractivity contribution >= 4 is 21.6 Å². The molecule has 0 aliphatic carbocycles. The van der Waals surface area contributed by atoms with Gasteiger partial charge in [0.2, 0.25) is 10.0 Å². The molecule has 7 nitrogen and oxygen atoms in total. The summed E-state index contributed by atoms with van der Waals surface area (Å²) in [4.78, 5) is 15.1. The third-order valence-electron chi connectivity index (χ3n) is 3.01. The van der Waals surface area contributed by atoms with Gasteiger partial charge in [-0.2, -0.15) is 0 Å². The van der Waals surface area contributed by atoms with Crippen molar-refractivity contribution in [3.63, 3.8) is 0 Å². The molecule has 0 aliphatic rings. The number of benzene rings is 1. The summed E-state index contributed by atoms with van der Waals surface area (Å²) in [7, 11) is -2.06. The van der Waals surface area contributed by atoms with Gasteiger partial charge in [-0.25, -0.2) is 13.1 Å². The van der Waals surface area contributed by atoms with Crippen molar-refractivity contribution in [2.24, 2.45) is 5.73 Å². The van der Waals surface area contributed by atoms with Gasteiger partial charge in [0.05, 0.1) is 4.90 Å². The third kappa shape index (κ3) is 3.80. The summed E-state index contributed by atoms with van der Waals surface area (Å²) in [5.41, 5.74) is 6.95. The van der Waals surface area contributed by atoms with Crippen molar-refractivity contribution in [3.8, 4) is 0 Å². The van der Waals surface area contributed by atoms with E-state index >= 15 is 0 Å². The minimum absolute atomic E-state index is 0.181. The average molecular weight is 320 g/mol. The van der Waals surface area contributed by atoms with Crippen molar-refractivity contribution in [1.29, 1.82) is 0 Å². The smallest absolute Gasteiger partial charge is 0.267 e. The number of rotatable bonds is 6.